The number of hydrogen-bond acceptors (Lipinski definition) is 5. The van der Waals surface area contributed by atoms with Crippen LogP contribution in [0.5, 0.6) is 0 Å². The van der Waals surface area contributed by atoms with Crippen LogP contribution in [-0.2, 0) is 9.59 Å². The minimum atomic E-state index is -0.411. The molecule has 2 aromatic rings. The van der Waals surface area contributed by atoms with Crippen molar-refractivity contribution in [3.63, 3.8) is 0 Å². The maximum atomic E-state index is 12.9. The van der Waals surface area contributed by atoms with E-state index < -0.39 is 11.1 Å². The Morgan fingerprint density at radius 2 is 1.74 bits per heavy atom. The summed E-state index contributed by atoms with van der Waals surface area (Å²) in [5.74, 6) is -0.575. The molecule has 3 amide bonds. The quantitative estimate of drug-likeness (QED) is 0.535. The zero-order valence-corrected chi connectivity index (χ0v) is 19.1. The first-order valence-electron chi connectivity index (χ1n) is 10.1. The lowest BCUT2D eigenvalue weighted by atomic mass is 10.1. The minimum absolute atomic E-state index is 0.165. The van der Waals surface area contributed by atoms with Gasteiger partial charge < -0.3 is 4.90 Å². The number of benzene rings is 2. The molecule has 0 bridgehead atoms. The summed E-state index contributed by atoms with van der Waals surface area (Å²) in [6, 6.07) is 15.2. The zero-order chi connectivity index (χ0) is 21.8. The highest BCUT2D eigenvalue weighted by molar-refractivity contribution is 8.18. The number of thioether (sulfide) groups is 1. The molecule has 0 aliphatic carbocycles. The summed E-state index contributed by atoms with van der Waals surface area (Å²) in [6.45, 7) is 1.20. The van der Waals surface area contributed by atoms with Gasteiger partial charge in [-0.1, -0.05) is 41.6 Å². The first-order valence-corrected chi connectivity index (χ1v) is 12.1. The number of nitrogens with zero attached hydrogens (tertiary/aromatic N) is 2. The smallest absolute Gasteiger partial charge is 0.294 e. The predicted octanol–water partition coefficient (Wildman–Crippen LogP) is 5.54. The molecular weight excluding hydrogens is 452 g/mol. The largest absolute Gasteiger partial charge is 0.341 e. The second kappa shape index (κ2) is 9.94. The van der Waals surface area contributed by atoms with E-state index in [-0.39, 0.29) is 12.5 Å². The van der Waals surface area contributed by atoms with Crippen molar-refractivity contribution in [2.45, 2.75) is 29.1 Å². The normalized spacial score (nSPS) is 18.2. The highest BCUT2D eigenvalue weighted by Crippen LogP contribution is 2.36. The number of likely N-dealkylation sites (tertiary alicyclic amines) is 1. The Morgan fingerprint density at radius 3 is 2.48 bits per heavy atom. The third-order valence-corrected chi connectivity index (χ3v) is 7.38. The fourth-order valence-corrected chi connectivity index (χ4v) is 5.35. The van der Waals surface area contributed by atoms with Crippen LogP contribution in [0.3, 0.4) is 0 Å². The predicted molar refractivity (Wildman–Crippen MR) is 125 cm³/mol. The molecule has 0 radical (unpaired) electrons. The van der Waals surface area contributed by atoms with Gasteiger partial charge in [0.25, 0.3) is 11.1 Å². The molecule has 0 aromatic heterocycles. The molecule has 2 fully saturated rings. The van der Waals surface area contributed by atoms with Gasteiger partial charge >= 0.3 is 0 Å². The van der Waals surface area contributed by atoms with E-state index in [0.29, 0.717) is 23.0 Å². The Balaban J connectivity index is 1.50. The summed E-state index contributed by atoms with van der Waals surface area (Å²) in [5, 5.41) is 0.273. The molecule has 0 saturated carbocycles. The lowest BCUT2D eigenvalue weighted by Crippen LogP contribution is -2.44. The molecule has 160 valence electrons. The fraction of sp³-hybridized carbons (Fsp3) is 0.261. The Hall–Kier alpha value is -2.22. The molecule has 2 aliphatic heterocycles. The summed E-state index contributed by atoms with van der Waals surface area (Å²) in [7, 11) is 0. The number of carbonyl (C=O) groups is 3. The Morgan fingerprint density at radius 1 is 1.03 bits per heavy atom. The summed E-state index contributed by atoms with van der Waals surface area (Å²) in [4.78, 5) is 43.0. The van der Waals surface area contributed by atoms with Gasteiger partial charge in [-0.2, -0.15) is 0 Å². The zero-order valence-electron chi connectivity index (χ0n) is 16.8. The number of amides is 3. The van der Waals surface area contributed by atoms with Crippen LogP contribution in [-0.4, -0.2) is 46.5 Å². The van der Waals surface area contributed by atoms with Crippen LogP contribution in [0.1, 0.15) is 24.8 Å². The maximum Gasteiger partial charge on any atom is 0.294 e. The van der Waals surface area contributed by atoms with Crippen molar-refractivity contribution in [3.8, 4) is 0 Å². The monoisotopic (exact) mass is 472 g/mol. The number of carbonyl (C=O) groups excluding carboxylic acids is 3. The van der Waals surface area contributed by atoms with Crippen molar-refractivity contribution in [2.24, 2.45) is 0 Å². The molecule has 0 N–H and O–H groups in total. The van der Waals surface area contributed by atoms with Gasteiger partial charge in [0.05, 0.1) is 4.91 Å². The van der Waals surface area contributed by atoms with E-state index in [2.05, 4.69) is 0 Å². The second-order valence-corrected chi connectivity index (χ2v) is 9.85. The summed E-state index contributed by atoms with van der Waals surface area (Å²) >= 11 is 8.40. The van der Waals surface area contributed by atoms with Gasteiger partial charge in [-0.15, -0.1) is 0 Å². The second-order valence-electron chi connectivity index (χ2n) is 7.30. The SMILES string of the molecule is O=C(CN1C(=O)S/C(=C/c2ccccc2Sc2ccc(Cl)cc2)C1=O)N1CCCCC1. The van der Waals surface area contributed by atoms with E-state index in [9.17, 15) is 14.4 Å². The molecule has 4 rings (SSSR count). The van der Waals surface area contributed by atoms with Crippen LogP contribution >= 0.6 is 35.1 Å². The van der Waals surface area contributed by atoms with Crippen molar-refractivity contribution in [2.75, 3.05) is 19.6 Å². The topological polar surface area (TPSA) is 57.7 Å². The van der Waals surface area contributed by atoms with Crippen LogP contribution in [0.4, 0.5) is 4.79 Å². The van der Waals surface area contributed by atoms with Crippen LogP contribution < -0.4 is 0 Å². The van der Waals surface area contributed by atoms with Crippen LogP contribution in [0, 0.1) is 0 Å². The van der Waals surface area contributed by atoms with E-state index in [4.69, 9.17) is 11.6 Å². The third kappa shape index (κ3) is 5.34. The number of halogens is 1. The van der Waals surface area contributed by atoms with Crippen LogP contribution in [0.25, 0.3) is 6.08 Å². The molecule has 31 heavy (non-hydrogen) atoms. The van der Waals surface area contributed by atoms with Crippen LogP contribution in [0.15, 0.2) is 63.2 Å². The van der Waals surface area contributed by atoms with Crippen LogP contribution in [0.2, 0.25) is 5.02 Å². The van der Waals surface area contributed by atoms with E-state index in [1.807, 2.05) is 48.5 Å². The number of hydrogen-bond donors (Lipinski definition) is 0. The average Bonchev–Trinajstić information content (AvgIpc) is 3.04. The van der Waals surface area contributed by atoms with Crippen molar-refractivity contribution in [1.82, 2.24) is 9.80 Å². The molecule has 2 saturated heterocycles. The van der Waals surface area contributed by atoms with Crippen molar-refractivity contribution in [3.05, 3.63) is 64.0 Å². The molecule has 5 nitrogen and oxygen atoms in total. The van der Waals surface area contributed by atoms with Gasteiger partial charge in [0.15, 0.2) is 0 Å². The van der Waals surface area contributed by atoms with Crippen molar-refractivity contribution >= 4 is 58.3 Å². The Labute approximate surface area is 194 Å². The fourth-order valence-electron chi connectivity index (χ4n) is 3.48. The summed E-state index contributed by atoms with van der Waals surface area (Å²) in [6.07, 6.45) is 4.78. The minimum Gasteiger partial charge on any atom is -0.341 e. The molecule has 8 heteroatoms. The van der Waals surface area contributed by atoms with Gasteiger partial charge in [0.2, 0.25) is 5.91 Å². The van der Waals surface area contributed by atoms with Gasteiger partial charge in [0.1, 0.15) is 6.54 Å². The van der Waals surface area contributed by atoms with Crippen molar-refractivity contribution < 1.29 is 14.4 Å². The molecule has 0 unspecified atom stereocenters. The van der Waals surface area contributed by atoms with Gasteiger partial charge in [-0.05, 0) is 73.0 Å². The highest BCUT2D eigenvalue weighted by atomic mass is 35.5. The number of rotatable bonds is 5. The molecule has 0 spiro atoms. The maximum absolute atomic E-state index is 12.9. The molecule has 2 aromatic carbocycles. The number of imide groups is 1. The van der Waals surface area contributed by atoms with Gasteiger partial charge in [0, 0.05) is 27.9 Å². The Kier molecular flexibility index (Phi) is 7.05. The van der Waals surface area contributed by atoms with E-state index >= 15 is 0 Å². The number of piperidine rings is 1. The molecular formula is C23H21ClN2O3S2. The van der Waals surface area contributed by atoms with E-state index in [1.165, 1.54) is 0 Å². The summed E-state index contributed by atoms with van der Waals surface area (Å²) in [5.41, 5.74) is 0.843. The third-order valence-electron chi connectivity index (χ3n) is 5.12. The van der Waals surface area contributed by atoms with Gasteiger partial charge in [-0.3, -0.25) is 19.3 Å². The molecule has 2 heterocycles. The lowest BCUT2D eigenvalue weighted by Gasteiger charge is -2.27. The highest BCUT2D eigenvalue weighted by Gasteiger charge is 2.37. The summed E-state index contributed by atoms with van der Waals surface area (Å²) < 4.78 is 0. The standard InChI is InChI=1S/C23H21ClN2O3S2/c24-17-8-10-18(11-9-17)30-19-7-3-2-6-16(19)14-20-22(28)26(23(29)31-20)15-21(27)25-12-4-1-5-13-25/h2-3,6-11,14H,1,4-5,12-13,15H2/b20-14+. The lowest BCUT2D eigenvalue weighted by molar-refractivity contribution is -0.136. The van der Waals surface area contributed by atoms with E-state index in [1.54, 1.807) is 22.7 Å². The Bertz CT molecular complexity index is 1030. The average molecular weight is 473 g/mol. The van der Waals surface area contributed by atoms with Crippen molar-refractivity contribution in [1.29, 1.82) is 0 Å². The van der Waals surface area contributed by atoms with E-state index in [0.717, 1.165) is 51.3 Å². The first kappa shape index (κ1) is 22.0. The van der Waals surface area contributed by atoms with Gasteiger partial charge in [-0.25, -0.2) is 0 Å². The molecule has 2 aliphatic rings. The first-order chi connectivity index (χ1) is 15.0. The molecule has 0 atom stereocenters.